The minimum Gasteiger partial charge on any atom is -0.321 e. The second kappa shape index (κ2) is 9.10. The van der Waals surface area contributed by atoms with Crippen LogP contribution in [0.25, 0.3) is 0 Å². The van der Waals surface area contributed by atoms with Crippen LogP contribution in [0.5, 0.6) is 0 Å². The van der Waals surface area contributed by atoms with Gasteiger partial charge in [0.05, 0.1) is 0 Å². The number of hydrogen-bond acceptors (Lipinski definition) is 3. The Hall–Kier alpha value is -2.98. The summed E-state index contributed by atoms with van der Waals surface area (Å²) in [4.78, 5) is 28.3. The third-order valence-corrected chi connectivity index (χ3v) is 4.31. The highest BCUT2D eigenvalue weighted by Gasteiger charge is 2.09. The van der Waals surface area contributed by atoms with Crippen molar-refractivity contribution in [3.8, 4) is 0 Å². The molecule has 1 N–H and O–H groups in total. The second-order valence-electron chi connectivity index (χ2n) is 6.20. The van der Waals surface area contributed by atoms with Gasteiger partial charge in [0.2, 0.25) is 0 Å². The van der Waals surface area contributed by atoms with Crippen LogP contribution in [0.15, 0.2) is 72.8 Å². The lowest BCUT2D eigenvalue weighted by molar-refractivity contribution is -0.118. The van der Waals surface area contributed by atoms with Crippen LogP contribution >= 0.6 is 11.6 Å². The highest BCUT2D eigenvalue weighted by molar-refractivity contribution is 6.29. The summed E-state index contributed by atoms with van der Waals surface area (Å²) in [5, 5.41) is 3.04. The predicted molar refractivity (Wildman–Crippen MR) is 107 cm³/mol. The molecular weight excluding hydrogens is 360 g/mol. The lowest BCUT2D eigenvalue weighted by Crippen LogP contribution is -2.13. The SMILES string of the molecule is O=C(CCc1ccccc1)Cc1ccc(NC(=O)c2cccc(Cl)n2)cc1. The standard InChI is InChI=1S/C22H19ClN2O2/c23-21-8-4-7-20(25-21)22(27)24-18-12-9-17(10-13-18)15-19(26)14-11-16-5-2-1-3-6-16/h1-10,12-13H,11,14-15H2,(H,24,27). The summed E-state index contributed by atoms with van der Waals surface area (Å²) >= 11 is 5.80. The van der Waals surface area contributed by atoms with E-state index >= 15 is 0 Å². The molecule has 5 heteroatoms. The van der Waals surface area contributed by atoms with Crippen LogP contribution in [0.1, 0.15) is 28.0 Å². The van der Waals surface area contributed by atoms with Gasteiger partial charge >= 0.3 is 0 Å². The van der Waals surface area contributed by atoms with Crippen molar-refractivity contribution in [3.05, 3.63) is 94.8 Å². The van der Waals surface area contributed by atoms with Gasteiger partial charge in [-0.2, -0.15) is 0 Å². The molecule has 0 bridgehead atoms. The number of amides is 1. The van der Waals surface area contributed by atoms with Crippen LogP contribution in [-0.4, -0.2) is 16.7 Å². The van der Waals surface area contributed by atoms with Crippen molar-refractivity contribution in [1.82, 2.24) is 4.98 Å². The smallest absolute Gasteiger partial charge is 0.274 e. The molecule has 0 fully saturated rings. The molecule has 1 heterocycles. The number of hydrogen-bond donors (Lipinski definition) is 1. The fraction of sp³-hybridized carbons (Fsp3) is 0.136. The Morgan fingerprint density at radius 3 is 2.30 bits per heavy atom. The Morgan fingerprint density at radius 1 is 0.852 bits per heavy atom. The number of aromatic nitrogens is 1. The first kappa shape index (κ1) is 18.8. The van der Waals surface area contributed by atoms with E-state index in [9.17, 15) is 9.59 Å². The second-order valence-corrected chi connectivity index (χ2v) is 6.58. The Kier molecular flexibility index (Phi) is 6.34. The Labute approximate surface area is 163 Å². The largest absolute Gasteiger partial charge is 0.321 e. The first-order valence-electron chi connectivity index (χ1n) is 8.68. The fourth-order valence-electron chi connectivity index (χ4n) is 2.68. The average molecular weight is 379 g/mol. The molecule has 3 rings (SSSR count). The average Bonchev–Trinajstić information content (AvgIpc) is 2.69. The van der Waals surface area contributed by atoms with Gasteiger partial charge in [0.15, 0.2) is 0 Å². The number of pyridine rings is 1. The molecule has 0 atom stereocenters. The Morgan fingerprint density at radius 2 is 1.59 bits per heavy atom. The van der Waals surface area contributed by atoms with Crippen LogP contribution in [0.4, 0.5) is 5.69 Å². The molecule has 0 aliphatic heterocycles. The first-order valence-corrected chi connectivity index (χ1v) is 9.06. The summed E-state index contributed by atoms with van der Waals surface area (Å²) in [6.45, 7) is 0. The number of halogens is 1. The molecular formula is C22H19ClN2O2. The van der Waals surface area contributed by atoms with E-state index in [1.165, 1.54) is 5.56 Å². The molecule has 4 nitrogen and oxygen atoms in total. The zero-order valence-electron chi connectivity index (χ0n) is 14.7. The molecule has 136 valence electrons. The summed E-state index contributed by atoms with van der Waals surface area (Å²) in [6.07, 6.45) is 1.65. The maximum absolute atomic E-state index is 12.2. The molecule has 0 radical (unpaired) electrons. The van der Waals surface area contributed by atoms with Crippen LogP contribution in [0, 0.1) is 0 Å². The predicted octanol–water partition coefficient (Wildman–Crippen LogP) is 4.73. The van der Waals surface area contributed by atoms with Crippen LogP contribution in [0.3, 0.4) is 0 Å². The number of anilines is 1. The van der Waals surface area contributed by atoms with Gasteiger partial charge in [0, 0.05) is 18.5 Å². The van der Waals surface area contributed by atoms with Gasteiger partial charge in [0.25, 0.3) is 5.91 Å². The number of aryl methyl sites for hydroxylation is 1. The molecule has 0 saturated carbocycles. The fourth-order valence-corrected chi connectivity index (χ4v) is 2.84. The lowest BCUT2D eigenvalue weighted by Gasteiger charge is -2.07. The zero-order chi connectivity index (χ0) is 19.1. The number of Topliss-reactive ketones (excluding diaryl/α,β-unsaturated/α-hetero) is 1. The number of carbonyl (C=O) groups excluding carboxylic acids is 2. The van der Waals surface area contributed by atoms with Gasteiger partial charge in [-0.25, -0.2) is 4.98 Å². The molecule has 1 amide bonds. The molecule has 1 aromatic heterocycles. The molecule has 3 aromatic rings. The highest BCUT2D eigenvalue weighted by Crippen LogP contribution is 2.13. The van der Waals surface area contributed by atoms with E-state index in [0.717, 1.165) is 12.0 Å². The topological polar surface area (TPSA) is 59.1 Å². The van der Waals surface area contributed by atoms with Crippen molar-refractivity contribution < 1.29 is 9.59 Å². The molecule has 27 heavy (non-hydrogen) atoms. The van der Waals surface area contributed by atoms with Gasteiger partial charge in [-0.3, -0.25) is 9.59 Å². The molecule has 0 saturated heterocycles. The minimum atomic E-state index is -0.329. The Bertz CT molecular complexity index is 925. The molecule has 2 aromatic carbocycles. The number of carbonyl (C=O) groups is 2. The lowest BCUT2D eigenvalue weighted by atomic mass is 10.0. The summed E-state index contributed by atoms with van der Waals surface area (Å²) < 4.78 is 0. The van der Waals surface area contributed by atoms with Gasteiger partial charge < -0.3 is 5.32 Å². The summed E-state index contributed by atoms with van der Waals surface area (Å²) in [5.41, 5.74) is 2.98. The number of nitrogens with one attached hydrogen (secondary N) is 1. The van der Waals surface area contributed by atoms with E-state index < -0.39 is 0 Å². The van der Waals surface area contributed by atoms with Gasteiger partial charge in [0.1, 0.15) is 16.6 Å². The molecule has 0 unspecified atom stereocenters. The third-order valence-electron chi connectivity index (χ3n) is 4.10. The van der Waals surface area contributed by atoms with Gasteiger partial charge in [-0.05, 0) is 41.8 Å². The van der Waals surface area contributed by atoms with E-state index in [2.05, 4.69) is 10.3 Å². The van der Waals surface area contributed by atoms with Crippen molar-refractivity contribution in [2.75, 3.05) is 5.32 Å². The first-order chi connectivity index (χ1) is 13.1. The Balaban J connectivity index is 1.52. The maximum Gasteiger partial charge on any atom is 0.274 e. The molecule has 0 spiro atoms. The van der Waals surface area contributed by atoms with Crippen molar-refractivity contribution in [2.45, 2.75) is 19.3 Å². The minimum absolute atomic E-state index is 0.193. The highest BCUT2D eigenvalue weighted by atomic mass is 35.5. The van der Waals surface area contributed by atoms with E-state index in [4.69, 9.17) is 11.6 Å². The summed E-state index contributed by atoms with van der Waals surface area (Å²) in [7, 11) is 0. The summed E-state index contributed by atoms with van der Waals surface area (Å²) in [5.74, 6) is -0.136. The van der Waals surface area contributed by atoms with Crippen molar-refractivity contribution in [1.29, 1.82) is 0 Å². The van der Waals surface area contributed by atoms with Crippen molar-refractivity contribution in [2.24, 2.45) is 0 Å². The van der Waals surface area contributed by atoms with Gasteiger partial charge in [-0.15, -0.1) is 0 Å². The number of ketones is 1. The van der Waals surface area contributed by atoms with Crippen LogP contribution in [0.2, 0.25) is 5.15 Å². The van der Waals surface area contributed by atoms with E-state index in [0.29, 0.717) is 18.5 Å². The van der Waals surface area contributed by atoms with Crippen LogP contribution in [-0.2, 0) is 17.6 Å². The monoisotopic (exact) mass is 378 g/mol. The normalized spacial score (nSPS) is 10.4. The summed E-state index contributed by atoms with van der Waals surface area (Å²) in [6, 6.07) is 22.1. The number of rotatable bonds is 7. The molecule has 0 aliphatic rings. The maximum atomic E-state index is 12.2. The number of benzene rings is 2. The van der Waals surface area contributed by atoms with E-state index in [1.807, 2.05) is 42.5 Å². The third kappa shape index (κ3) is 5.76. The quantitative estimate of drug-likeness (QED) is 0.604. The molecule has 0 aliphatic carbocycles. The zero-order valence-corrected chi connectivity index (χ0v) is 15.4. The van der Waals surface area contributed by atoms with Crippen LogP contribution < -0.4 is 5.32 Å². The van der Waals surface area contributed by atoms with E-state index in [-0.39, 0.29) is 22.5 Å². The van der Waals surface area contributed by atoms with Crippen molar-refractivity contribution in [3.63, 3.8) is 0 Å². The van der Waals surface area contributed by atoms with Crippen molar-refractivity contribution >= 4 is 29.0 Å². The number of nitrogens with zero attached hydrogens (tertiary/aromatic N) is 1. The van der Waals surface area contributed by atoms with Gasteiger partial charge in [-0.1, -0.05) is 60.1 Å². The van der Waals surface area contributed by atoms with E-state index in [1.54, 1.807) is 30.3 Å².